The molecule has 1 aromatic carbocycles. The van der Waals surface area contributed by atoms with E-state index in [1.807, 2.05) is 26.0 Å². The SMILES string of the molecule is CC.CCN1CC2CC(c3ccc(O)cc3)C1C2. The van der Waals surface area contributed by atoms with Crippen molar-refractivity contribution < 1.29 is 5.11 Å². The van der Waals surface area contributed by atoms with Gasteiger partial charge in [0.2, 0.25) is 0 Å². The first-order valence-corrected chi connectivity index (χ1v) is 7.31. The highest BCUT2D eigenvalue weighted by Crippen LogP contribution is 2.46. The maximum Gasteiger partial charge on any atom is 0.115 e. The summed E-state index contributed by atoms with van der Waals surface area (Å²) in [5.74, 6) is 1.97. The van der Waals surface area contributed by atoms with Crippen molar-refractivity contribution in [3.05, 3.63) is 29.8 Å². The molecule has 2 bridgehead atoms. The minimum absolute atomic E-state index is 0.374. The highest BCUT2D eigenvalue weighted by Gasteiger charge is 2.44. The Morgan fingerprint density at radius 2 is 1.83 bits per heavy atom. The molecule has 2 nitrogen and oxygen atoms in total. The second-order valence-electron chi connectivity index (χ2n) is 5.19. The van der Waals surface area contributed by atoms with Gasteiger partial charge >= 0.3 is 0 Å². The number of hydrogen-bond acceptors (Lipinski definition) is 2. The van der Waals surface area contributed by atoms with E-state index in [2.05, 4.69) is 24.0 Å². The number of benzene rings is 1. The summed E-state index contributed by atoms with van der Waals surface area (Å²) >= 11 is 0. The first-order chi connectivity index (χ1) is 8.78. The molecule has 1 N–H and O–H groups in total. The molecule has 3 unspecified atom stereocenters. The normalized spacial score (nSPS) is 30.1. The maximum atomic E-state index is 9.32. The highest BCUT2D eigenvalue weighted by atomic mass is 16.3. The van der Waals surface area contributed by atoms with E-state index in [1.165, 1.54) is 31.5 Å². The van der Waals surface area contributed by atoms with Gasteiger partial charge in [0.1, 0.15) is 5.75 Å². The molecule has 2 fully saturated rings. The average Bonchev–Trinajstić information content (AvgIpc) is 3.01. The molecule has 18 heavy (non-hydrogen) atoms. The van der Waals surface area contributed by atoms with Crippen LogP contribution >= 0.6 is 0 Å². The number of likely N-dealkylation sites (tertiary alicyclic amines) is 1. The third-order valence-corrected chi connectivity index (χ3v) is 4.32. The summed E-state index contributed by atoms with van der Waals surface area (Å²) in [7, 11) is 0. The van der Waals surface area contributed by atoms with Gasteiger partial charge in [0.05, 0.1) is 0 Å². The third kappa shape index (κ3) is 2.39. The summed E-state index contributed by atoms with van der Waals surface area (Å²) in [4.78, 5) is 2.62. The van der Waals surface area contributed by atoms with Crippen molar-refractivity contribution in [2.45, 2.75) is 45.6 Å². The molecule has 1 heterocycles. The molecule has 0 radical (unpaired) electrons. The molecule has 2 heteroatoms. The lowest BCUT2D eigenvalue weighted by Crippen LogP contribution is -2.36. The van der Waals surface area contributed by atoms with Crippen molar-refractivity contribution in [3.8, 4) is 5.75 Å². The number of piperidine rings is 1. The zero-order chi connectivity index (χ0) is 13.1. The van der Waals surface area contributed by atoms with Crippen LogP contribution in [0.1, 0.15) is 45.1 Å². The van der Waals surface area contributed by atoms with Crippen LogP contribution in [0, 0.1) is 5.92 Å². The Hall–Kier alpha value is -1.02. The lowest BCUT2D eigenvalue weighted by molar-refractivity contribution is 0.201. The fourth-order valence-corrected chi connectivity index (χ4v) is 3.58. The molecule has 1 saturated heterocycles. The molecule has 0 spiro atoms. The number of aromatic hydroxyl groups is 1. The Kier molecular flexibility index (Phi) is 4.28. The minimum atomic E-state index is 0.374. The number of phenols is 1. The van der Waals surface area contributed by atoms with E-state index in [-0.39, 0.29) is 0 Å². The predicted molar refractivity (Wildman–Crippen MR) is 76.0 cm³/mol. The van der Waals surface area contributed by atoms with Crippen LogP contribution in [-0.4, -0.2) is 29.1 Å². The van der Waals surface area contributed by atoms with Gasteiger partial charge in [-0.3, -0.25) is 4.90 Å². The highest BCUT2D eigenvalue weighted by molar-refractivity contribution is 5.31. The van der Waals surface area contributed by atoms with Gasteiger partial charge in [-0.1, -0.05) is 32.9 Å². The van der Waals surface area contributed by atoms with Gasteiger partial charge in [0.25, 0.3) is 0 Å². The van der Waals surface area contributed by atoms with E-state index in [0.29, 0.717) is 11.7 Å². The van der Waals surface area contributed by atoms with Gasteiger partial charge in [-0.25, -0.2) is 0 Å². The largest absolute Gasteiger partial charge is 0.508 e. The molecule has 1 aliphatic heterocycles. The zero-order valence-electron chi connectivity index (χ0n) is 11.8. The number of likely N-dealkylation sites (N-methyl/N-ethyl adjacent to an activating group) is 1. The second kappa shape index (κ2) is 5.75. The van der Waals surface area contributed by atoms with E-state index in [9.17, 15) is 5.11 Å². The van der Waals surface area contributed by atoms with Crippen LogP contribution in [0.5, 0.6) is 5.75 Å². The molecule has 3 atom stereocenters. The number of phenolic OH excluding ortho intramolecular Hbond substituents is 1. The summed E-state index contributed by atoms with van der Waals surface area (Å²) in [6.07, 6.45) is 2.71. The fourth-order valence-electron chi connectivity index (χ4n) is 3.58. The summed E-state index contributed by atoms with van der Waals surface area (Å²) in [6.45, 7) is 8.74. The van der Waals surface area contributed by atoms with Crippen LogP contribution in [0.3, 0.4) is 0 Å². The Morgan fingerprint density at radius 3 is 2.39 bits per heavy atom. The van der Waals surface area contributed by atoms with Crippen molar-refractivity contribution in [3.63, 3.8) is 0 Å². The van der Waals surface area contributed by atoms with Gasteiger partial charge < -0.3 is 5.11 Å². The fraction of sp³-hybridized carbons (Fsp3) is 0.625. The predicted octanol–water partition coefficient (Wildman–Crippen LogP) is 3.62. The molecular weight excluding hydrogens is 222 g/mol. The van der Waals surface area contributed by atoms with E-state index in [0.717, 1.165) is 12.0 Å². The topological polar surface area (TPSA) is 23.5 Å². The number of rotatable bonds is 2. The first kappa shape index (κ1) is 13.4. The van der Waals surface area contributed by atoms with Crippen molar-refractivity contribution in [1.82, 2.24) is 4.90 Å². The van der Waals surface area contributed by atoms with Gasteiger partial charge in [0, 0.05) is 12.6 Å². The van der Waals surface area contributed by atoms with Crippen molar-refractivity contribution >= 4 is 0 Å². The van der Waals surface area contributed by atoms with Crippen LogP contribution in [0.15, 0.2) is 24.3 Å². The van der Waals surface area contributed by atoms with E-state index in [1.54, 1.807) is 0 Å². The Bertz CT molecular complexity index is 373. The smallest absolute Gasteiger partial charge is 0.115 e. The van der Waals surface area contributed by atoms with Gasteiger partial charge in [-0.05, 0) is 48.9 Å². The zero-order valence-corrected chi connectivity index (χ0v) is 11.8. The summed E-state index contributed by atoms with van der Waals surface area (Å²) in [6, 6.07) is 8.57. The second-order valence-corrected chi connectivity index (χ2v) is 5.19. The molecule has 2 aliphatic rings. The third-order valence-electron chi connectivity index (χ3n) is 4.32. The van der Waals surface area contributed by atoms with Crippen LogP contribution in [0.25, 0.3) is 0 Å². The monoisotopic (exact) mass is 247 g/mol. The average molecular weight is 247 g/mol. The Morgan fingerprint density at radius 1 is 1.17 bits per heavy atom. The standard InChI is InChI=1S/C14H19NO.C2H6/c1-2-15-9-10-7-13(14(15)8-10)11-3-5-12(16)6-4-11;1-2/h3-6,10,13-14,16H,2,7-9H2,1H3;1-2H3. The van der Waals surface area contributed by atoms with Gasteiger partial charge in [-0.2, -0.15) is 0 Å². The van der Waals surface area contributed by atoms with Crippen LogP contribution < -0.4 is 0 Å². The molecule has 1 saturated carbocycles. The summed E-state index contributed by atoms with van der Waals surface area (Å²) in [5.41, 5.74) is 1.41. The lowest BCUT2D eigenvalue weighted by Gasteiger charge is -2.32. The molecule has 1 aliphatic carbocycles. The van der Waals surface area contributed by atoms with Crippen LogP contribution in [0.2, 0.25) is 0 Å². The minimum Gasteiger partial charge on any atom is -0.508 e. The van der Waals surface area contributed by atoms with E-state index < -0.39 is 0 Å². The van der Waals surface area contributed by atoms with E-state index >= 15 is 0 Å². The molecule has 1 aromatic rings. The summed E-state index contributed by atoms with van der Waals surface area (Å²) in [5, 5.41) is 9.32. The number of nitrogens with zero attached hydrogens (tertiary/aromatic N) is 1. The Balaban J connectivity index is 0.000000574. The van der Waals surface area contributed by atoms with Crippen molar-refractivity contribution in [2.24, 2.45) is 5.92 Å². The number of hydrogen-bond donors (Lipinski definition) is 1. The maximum absolute atomic E-state index is 9.32. The summed E-state index contributed by atoms with van der Waals surface area (Å²) < 4.78 is 0. The Labute approximate surface area is 111 Å². The van der Waals surface area contributed by atoms with Gasteiger partial charge in [-0.15, -0.1) is 0 Å². The van der Waals surface area contributed by atoms with Crippen molar-refractivity contribution in [1.29, 1.82) is 0 Å². The van der Waals surface area contributed by atoms with Crippen LogP contribution in [0.4, 0.5) is 0 Å². The molecule has 0 aromatic heterocycles. The van der Waals surface area contributed by atoms with E-state index in [4.69, 9.17) is 0 Å². The van der Waals surface area contributed by atoms with Crippen molar-refractivity contribution in [2.75, 3.05) is 13.1 Å². The quantitative estimate of drug-likeness (QED) is 0.863. The molecular formula is C16H25NO. The molecule has 0 amide bonds. The van der Waals surface area contributed by atoms with Gasteiger partial charge in [0.15, 0.2) is 0 Å². The first-order valence-electron chi connectivity index (χ1n) is 7.31. The van der Waals surface area contributed by atoms with Crippen LogP contribution in [-0.2, 0) is 0 Å². The lowest BCUT2D eigenvalue weighted by atomic mass is 9.90. The number of fused-ring (bicyclic) bond motifs is 2. The molecule has 3 rings (SSSR count). The molecule has 100 valence electrons.